The molecule has 6 nitrogen and oxygen atoms in total. The van der Waals surface area contributed by atoms with Gasteiger partial charge in [0.1, 0.15) is 5.82 Å². The zero-order valence-electron chi connectivity index (χ0n) is 11.5. The van der Waals surface area contributed by atoms with Crippen LogP contribution in [0.25, 0.3) is 0 Å². The molecule has 108 valence electrons. The van der Waals surface area contributed by atoms with E-state index in [-0.39, 0.29) is 12.3 Å². The van der Waals surface area contributed by atoms with Crippen LogP contribution in [-0.2, 0) is 4.74 Å². The number of hydrogen-bond donors (Lipinski definition) is 1. The molecular formula is C13H17ClN4O2. The van der Waals surface area contributed by atoms with E-state index in [4.69, 9.17) is 21.6 Å². The molecule has 1 amide bonds. The average Bonchev–Trinajstić information content (AvgIpc) is 2.46. The molecule has 0 aliphatic carbocycles. The Balaban J connectivity index is 2.87. The molecule has 1 N–H and O–H groups in total. The van der Waals surface area contributed by atoms with Gasteiger partial charge in [0.15, 0.2) is 0 Å². The fraction of sp³-hybridized carbons (Fsp3) is 0.462. The molecule has 0 fully saturated rings. The summed E-state index contributed by atoms with van der Waals surface area (Å²) in [5, 5.41) is 11.9. The first-order valence-electron chi connectivity index (χ1n) is 6.12. The maximum Gasteiger partial charge on any atom is 0.255 e. The number of carbonyl (C=O) groups is 1. The quantitative estimate of drug-likeness (QED) is 0.830. The van der Waals surface area contributed by atoms with E-state index in [0.717, 1.165) is 0 Å². The Kier molecular flexibility index (Phi) is 6.77. The minimum atomic E-state index is -0.214. The summed E-state index contributed by atoms with van der Waals surface area (Å²) in [6, 6.07) is 3.59. The highest BCUT2D eigenvalue weighted by Gasteiger charge is 2.17. The van der Waals surface area contributed by atoms with Crippen LogP contribution in [0, 0.1) is 11.3 Å². The molecule has 0 saturated heterocycles. The number of methoxy groups -OCH3 is 1. The summed E-state index contributed by atoms with van der Waals surface area (Å²) < 4.78 is 4.97. The van der Waals surface area contributed by atoms with Crippen molar-refractivity contribution < 1.29 is 9.53 Å². The van der Waals surface area contributed by atoms with Crippen molar-refractivity contribution in [3.05, 3.63) is 22.8 Å². The molecule has 1 rings (SSSR count). The normalized spacial score (nSPS) is 9.90. The Morgan fingerprint density at radius 1 is 1.60 bits per heavy atom. The van der Waals surface area contributed by atoms with Crippen molar-refractivity contribution in [2.75, 3.05) is 39.2 Å². The maximum atomic E-state index is 12.4. The van der Waals surface area contributed by atoms with Gasteiger partial charge in [0, 0.05) is 33.4 Å². The number of amides is 1. The fourth-order valence-corrected chi connectivity index (χ4v) is 1.88. The van der Waals surface area contributed by atoms with Crippen LogP contribution >= 0.6 is 11.6 Å². The number of nitriles is 1. The van der Waals surface area contributed by atoms with Crippen LogP contribution in [-0.4, -0.2) is 49.6 Å². The molecule has 0 saturated carbocycles. The van der Waals surface area contributed by atoms with E-state index >= 15 is 0 Å². The third-order valence-electron chi connectivity index (χ3n) is 2.67. The minimum absolute atomic E-state index is 0.214. The summed E-state index contributed by atoms with van der Waals surface area (Å²) in [5.41, 5.74) is 0.392. The predicted octanol–water partition coefficient (Wildman–Crippen LogP) is 1.78. The average molecular weight is 297 g/mol. The van der Waals surface area contributed by atoms with Gasteiger partial charge in [0.05, 0.1) is 29.7 Å². The molecule has 0 aromatic carbocycles. The molecule has 7 heteroatoms. The van der Waals surface area contributed by atoms with Crippen LogP contribution in [0.3, 0.4) is 0 Å². The Morgan fingerprint density at radius 2 is 2.35 bits per heavy atom. The van der Waals surface area contributed by atoms with Gasteiger partial charge in [-0.2, -0.15) is 5.26 Å². The fourth-order valence-electron chi connectivity index (χ4n) is 1.62. The highest BCUT2D eigenvalue weighted by molar-refractivity contribution is 6.33. The van der Waals surface area contributed by atoms with Crippen molar-refractivity contribution >= 4 is 23.3 Å². The summed E-state index contributed by atoms with van der Waals surface area (Å²) in [5.74, 6) is 0.304. The van der Waals surface area contributed by atoms with E-state index < -0.39 is 0 Å². The molecule has 0 bridgehead atoms. The molecule has 0 unspecified atom stereocenters. The van der Waals surface area contributed by atoms with Gasteiger partial charge in [0.2, 0.25) is 0 Å². The smallest absolute Gasteiger partial charge is 0.255 e. The summed E-state index contributed by atoms with van der Waals surface area (Å²) in [7, 11) is 3.26. The van der Waals surface area contributed by atoms with Crippen molar-refractivity contribution in [1.29, 1.82) is 5.26 Å². The highest BCUT2D eigenvalue weighted by Crippen LogP contribution is 2.20. The number of anilines is 1. The maximum absolute atomic E-state index is 12.4. The van der Waals surface area contributed by atoms with Gasteiger partial charge in [-0.25, -0.2) is 4.98 Å². The van der Waals surface area contributed by atoms with Crippen LogP contribution in [0.4, 0.5) is 5.82 Å². The lowest BCUT2D eigenvalue weighted by molar-refractivity contribution is 0.0699. The number of ether oxygens (including phenoxy) is 1. The van der Waals surface area contributed by atoms with E-state index in [9.17, 15) is 4.79 Å². The number of carbonyl (C=O) groups excluding carboxylic acids is 1. The topological polar surface area (TPSA) is 78.3 Å². The van der Waals surface area contributed by atoms with Crippen LogP contribution in [0.1, 0.15) is 16.8 Å². The lowest BCUT2D eigenvalue weighted by Gasteiger charge is -2.21. The molecule has 1 heterocycles. The Morgan fingerprint density at radius 3 is 2.90 bits per heavy atom. The summed E-state index contributed by atoms with van der Waals surface area (Å²) in [6.45, 7) is 1.18. The molecule has 1 aromatic heterocycles. The Labute approximate surface area is 123 Å². The highest BCUT2D eigenvalue weighted by atomic mass is 35.5. The zero-order valence-corrected chi connectivity index (χ0v) is 12.3. The molecule has 0 radical (unpaired) electrons. The van der Waals surface area contributed by atoms with Crippen molar-refractivity contribution in [2.45, 2.75) is 6.42 Å². The monoisotopic (exact) mass is 296 g/mol. The molecule has 1 aromatic rings. The third-order valence-corrected chi connectivity index (χ3v) is 2.96. The second kappa shape index (κ2) is 8.35. The molecule has 0 aliphatic heterocycles. The first kappa shape index (κ1) is 16.2. The Bertz CT molecular complexity index is 502. The molecule has 0 aliphatic rings. The van der Waals surface area contributed by atoms with Gasteiger partial charge in [-0.15, -0.1) is 0 Å². The number of nitrogens with one attached hydrogen (secondary N) is 1. The second-order valence-electron chi connectivity index (χ2n) is 4.00. The van der Waals surface area contributed by atoms with Crippen molar-refractivity contribution in [3.8, 4) is 6.07 Å². The summed E-state index contributed by atoms with van der Waals surface area (Å²) in [6.07, 6.45) is 1.73. The van der Waals surface area contributed by atoms with Gasteiger partial charge >= 0.3 is 0 Å². The van der Waals surface area contributed by atoms with Crippen LogP contribution < -0.4 is 5.32 Å². The standard InChI is InChI=1S/C13H17ClN4O2/c1-16-12-11(14)8-10(9-17-12)13(19)18(5-3-4-15)6-7-20-2/h8-9H,3,5-7H2,1-2H3,(H,16,17). The van der Waals surface area contributed by atoms with Crippen molar-refractivity contribution in [2.24, 2.45) is 0 Å². The van der Waals surface area contributed by atoms with E-state index in [2.05, 4.69) is 10.3 Å². The number of hydrogen-bond acceptors (Lipinski definition) is 5. The second-order valence-corrected chi connectivity index (χ2v) is 4.40. The molecular weight excluding hydrogens is 280 g/mol. The lowest BCUT2D eigenvalue weighted by Crippen LogP contribution is -2.34. The summed E-state index contributed by atoms with van der Waals surface area (Å²) in [4.78, 5) is 18.0. The van der Waals surface area contributed by atoms with Gasteiger partial charge in [-0.1, -0.05) is 11.6 Å². The van der Waals surface area contributed by atoms with Crippen molar-refractivity contribution in [3.63, 3.8) is 0 Å². The van der Waals surface area contributed by atoms with E-state index in [1.54, 1.807) is 25.1 Å². The largest absolute Gasteiger partial charge is 0.383 e. The van der Waals surface area contributed by atoms with Crippen LogP contribution in [0.5, 0.6) is 0 Å². The van der Waals surface area contributed by atoms with E-state index in [1.807, 2.05) is 6.07 Å². The lowest BCUT2D eigenvalue weighted by atomic mass is 10.2. The van der Waals surface area contributed by atoms with Gasteiger partial charge < -0.3 is 15.0 Å². The number of halogens is 1. The number of rotatable bonds is 7. The van der Waals surface area contributed by atoms with E-state index in [0.29, 0.717) is 36.1 Å². The van der Waals surface area contributed by atoms with Gasteiger partial charge in [-0.3, -0.25) is 4.79 Å². The van der Waals surface area contributed by atoms with Crippen LogP contribution in [0.15, 0.2) is 12.3 Å². The number of pyridine rings is 1. The Hall–Kier alpha value is -1.84. The van der Waals surface area contributed by atoms with E-state index in [1.165, 1.54) is 6.20 Å². The molecule has 20 heavy (non-hydrogen) atoms. The first-order chi connectivity index (χ1) is 9.63. The van der Waals surface area contributed by atoms with Gasteiger partial charge in [0.25, 0.3) is 5.91 Å². The molecule has 0 spiro atoms. The zero-order chi connectivity index (χ0) is 15.0. The predicted molar refractivity (Wildman–Crippen MR) is 76.8 cm³/mol. The van der Waals surface area contributed by atoms with Crippen LogP contribution in [0.2, 0.25) is 5.02 Å². The minimum Gasteiger partial charge on any atom is -0.383 e. The SMILES string of the molecule is CNc1ncc(C(=O)N(CCC#N)CCOC)cc1Cl. The third kappa shape index (κ3) is 4.37. The first-order valence-corrected chi connectivity index (χ1v) is 6.50. The molecule has 0 atom stereocenters. The number of aromatic nitrogens is 1. The number of nitrogens with zero attached hydrogens (tertiary/aromatic N) is 3. The van der Waals surface area contributed by atoms with Crippen molar-refractivity contribution in [1.82, 2.24) is 9.88 Å². The summed E-state index contributed by atoms with van der Waals surface area (Å²) >= 11 is 6.01. The van der Waals surface area contributed by atoms with Gasteiger partial charge in [-0.05, 0) is 6.07 Å².